The van der Waals surface area contributed by atoms with Gasteiger partial charge >= 0.3 is 0 Å². The Kier molecular flexibility index (Phi) is 2.93. The Morgan fingerprint density at radius 3 is 3.00 bits per heavy atom. The summed E-state index contributed by atoms with van der Waals surface area (Å²) in [7, 11) is 0. The second-order valence-electron chi connectivity index (χ2n) is 3.20. The maximum Gasteiger partial charge on any atom is 0.237 e. The van der Waals surface area contributed by atoms with Gasteiger partial charge in [-0.05, 0) is 12.1 Å². The molecular formula is C10H10N2OS2. The highest BCUT2D eigenvalue weighted by Crippen LogP contribution is 2.34. The average molecular weight is 238 g/mol. The minimum absolute atomic E-state index is 0.0616. The van der Waals surface area contributed by atoms with Crippen LogP contribution in [0, 0.1) is 0 Å². The molecule has 15 heavy (non-hydrogen) atoms. The van der Waals surface area contributed by atoms with Gasteiger partial charge in [0.1, 0.15) is 0 Å². The first kappa shape index (κ1) is 10.4. The number of nitrogens with two attached hydrogens (primary N) is 1. The third-order valence-electron chi connectivity index (χ3n) is 2.12. The molecule has 1 aliphatic rings. The van der Waals surface area contributed by atoms with Crippen LogP contribution < -0.4 is 10.6 Å². The van der Waals surface area contributed by atoms with Crippen molar-refractivity contribution in [2.75, 3.05) is 17.2 Å². The Morgan fingerprint density at radius 1 is 1.53 bits per heavy atom. The van der Waals surface area contributed by atoms with Crippen molar-refractivity contribution < 1.29 is 4.79 Å². The molecule has 0 saturated heterocycles. The molecule has 1 heterocycles. The maximum absolute atomic E-state index is 11.7. The van der Waals surface area contributed by atoms with Gasteiger partial charge in [-0.2, -0.15) is 0 Å². The molecular weight excluding hydrogens is 228 g/mol. The first-order valence-electron chi connectivity index (χ1n) is 4.49. The minimum atomic E-state index is 0.0616. The van der Waals surface area contributed by atoms with Crippen LogP contribution in [-0.4, -0.2) is 23.2 Å². The van der Waals surface area contributed by atoms with Crippen LogP contribution in [0.5, 0.6) is 0 Å². The fourth-order valence-corrected chi connectivity index (χ4v) is 2.55. The van der Waals surface area contributed by atoms with E-state index in [0.717, 1.165) is 10.6 Å². The van der Waals surface area contributed by atoms with Gasteiger partial charge in [-0.1, -0.05) is 24.4 Å². The number of thioether (sulfide) groups is 1. The van der Waals surface area contributed by atoms with E-state index >= 15 is 0 Å². The number of amides is 1. The lowest BCUT2D eigenvalue weighted by Gasteiger charge is -2.28. The van der Waals surface area contributed by atoms with Gasteiger partial charge in [-0.25, -0.2) is 0 Å². The lowest BCUT2D eigenvalue weighted by Crippen LogP contribution is -2.40. The molecule has 0 unspecified atom stereocenters. The van der Waals surface area contributed by atoms with E-state index in [4.69, 9.17) is 18.0 Å². The molecule has 78 valence electrons. The van der Waals surface area contributed by atoms with Gasteiger partial charge in [0.05, 0.1) is 23.0 Å². The van der Waals surface area contributed by atoms with Gasteiger partial charge in [-0.3, -0.25) is 4.79 Å². The zero-order valence-electron chi connectivity index (χ0n) is 7.97. The second-order valence-corrected chi connectivity index (χ2v) is 4.74. The number of hydrogen-bond acceptors (Lipinski definition) is 3. The van der Waals surface area contributed by atoms with Crippen LogP contribution in [0.15, 0.2) is 29.2 Å². The summed E-state index contributed by atoms with van der Waals surface area (Å²) in [6, 6.07) is 7.78. The van der Waals surface area contributed by atoms with Gasteiger partial charge in [0.15, 0.2) is 0 Å². The van der Waals surface area contributed by atoms with Crippen molar-refractivity contribution in [3.05, 3.63) is 24.3 Å². The van der Waals surface area contributed by atoms with Crippen molar-refractivity contribution in [3.8, 4) is 0 Å². The number of rotatable bonds is 2. The van der Waals surface area contributed by atoms with Crippen molar-refractivity contribution >= 4 is 40.6 Å². The second kappa shape index (κ2) is 4.20. The monoisotopic (exact) mass is 238 g/mol. The molecule has 2 N–H and O–H groups in total. The molecule has 3 nitrogen and oxygen atoms in total. The summed E-state index contributed by atoms with van der Waals surface area (Å²) in [5.74, 6) is 0.520. The predicted octanol–water partition coefficient (Wildman–Crippen LogP) is 1.41. The molecule has 1 aromatic rings. The van der Waals surface area contributed by atoms with E-state index in [2.05, 4.69) is 0 Å². The fourth-order valence-electron chi connectivity index (χ4n) is 1.48. The number of carbonyl (C=O) groups excluding carboxylic acids is 1. The zero-order valence-corrected chi connectivity index (χ0v) is 9.61. The smallest absolute Gasteiger partial charge is 0.237 e. The topological polar surface area (TPSA) is 46.3 Å². The Morgan fingerprint density at radius 2 is 2.27 bits per heavy atom. The largest absolute Gasteiger partial charge is 0.392 e. The summed E-state index contributed by atoms with van der Waals surface area (Å²) in [4.78, 5) is 14.8. The van der Waals surface area contributed by atoms with Crippen LogP contribution in [0.2, 0.25) is 0 Å². The summed E-state index contributed by atoms with van der Waals surface area (Å²) < 4.78 is 0. The quantitative estimate of drug-likeness (QED) is 0.791. The third-order valence-corrected chi connectivity index (χ3v) is 3.30. The highest BCUT2D eigenvalue weighted by Gasteiger charge is 2.24. The minimum Gasteiger partial charge on any atom is -0.392 e. The van der Waals surface area contributed by atoms with Crippen molar-refractivity contribution in [1.82, 2.24) is 0 Å². The van der Waals surface area contributed by atoms with Gasteiger partial charge in [0, 0.05) is 4.90 Å². The molecule has 1 aromatic carbocycles. The summed E-state index contributed by atoms with van der Waals surface area (Å²) in [6.45, 7) is 0.325. The number of thiocarbonyl (C=S) groups is 1. The van der Waals surface area contributed by atoms with Crippen LogP contribution >= 0.6 is 24.0 Å². The predicted molar refractivity (Wildman–Crippen MR) is 66.3 cm³/mol. The van der Waals surface area contributed by atoms with Crippen LogP contribution in [0.25, 0.3) is 0 Å². The van der Waals surface area contributed by atoms with Crippen LogP contribution in [0.4, 0.5) is 5.69 Å². The molecule has 0 fully saturated rings. The van der Waals surface area contributed by atoms with E-state index in [9.17, 15) is 4.79 Å². The number of fused-ring (bicyclic) bond motifs is 1. The lowest BCUT2D eigenvalue weighted by molar-refractivity contribution is -0.116. The van der Waals surface area contributed by atoms with E-state index in [-0.39, 0.29) is 5.91 Å². The average Bonchev–Trinajstić information content (AvgIpc) is 2.22. The van der Waals surface area contributed by atoms with E-state index in [0.29, 0.717) is 17.3 Å². The van der Waals surface area contributed by atoms with Crippen LogP contribution in [0.1, 0.15) is 0 Å². The van der Waals surface area contributed by atoms with E-state index in [1.807, 2.05) is 24.3 Å². The molecule has 1 aliphatic heterocycles. The maximum atomic E-state index is 11.7. The third kappa shape index (κ3) is 2.13. The molecule has 0 saturated carbocycles. The summed E-state index contributed by atoms with van der Waals surface area (Å²) in [5, 5.41) is 0. The zero-order chi connectivity index (χ0) is 10.8. The van der Waals surface area contributed by atoms with Gasteiger partial charge in [0.25, 0.3) is 0 Å². The van der Waals surface area contributed by atoms with Crippen molar-refractivity contribution in [2.24, 2.45) is 5.73 Å². The molecule has 0 aliphatic carbocycles. The number of benzene rings is 1. The van der Waals surface area contributed by atoms with Crippen molar-refractivity contribution in [3.63, 3.8) is 0 Å². The normalized spacial score (nSPS) is 14.9. The molecule has 0 spiro atoms. The van der Waals surface area contributed by atoms with Gasteiger partial charge in [0.2, 0.25) is 5.91 Å². The highest BCUT2D eigenvalue weighted by atomic mass is 32.2. The molecule has 0 atom stereocenters. The molecule has 0 aromatic heterocycles. The van der Waals surface area contributed by atoms with E-state index < -0.39 is 0 Å². The highest BCUT2D eigenvalue weighted by molar-refractivity contribution is 8.00. The number of para-hydroxylation sites is 1. The van der Waals surface area contributed by atoms with E-state index in [1.165, 1.54) is 0 Å². The Bertz CT molecular complexity index is 420. The van der Waals surface area contributed by atoms with Crippen molar-refractivity contribution in [1.29, 1.82) is 0 Å². The van der Waals surface area contributed by atoms with Crippen LogP contribution in [0.3, 0.4) is 0 Å². The lowest BCUT2D eigenvalue weighted by atomic mass is 10.2. The van der Waals surface area contributed by atoms with Gasteiger partial charge in [-0.15, -0.1) is 11.8 Å². The Balaban J connectivity index is 2.37. The summed E-state index contributed by atoms with van der Waals surface area (Å²) in [5.41, 5.74) is 6.38. The first-order chi connectivity index (χ1) is 7.18. The first-order valence-corrected chi connectivity index (χ1v) is 5.88. The molecule has 2 rings (SSSR count). The number of nitrogens with zero attached hydrogens (tertiary/aromatic N) is 1. The Hall–Kier alpha value is -1.07. The molecule has 1 amide bonds. The SMILES string of the molecule is NC(=S)CN1C(=O)CSc2ccccc21. The molecule has 5 heteroatoms. The summed E-state index contributed by atoms with van der Waals surface area (Å²) in [6.07, 6.45) is 0. The number of hydrogen-bond donors (Lipinski definition) is 1. The standard InChI is InChI=1S/C10H10N2OS2/c11-9(14)5-12-7-3-1-2-4-8(7)15-6-10(12)13/h1-4H,5-6H2,(H2,11,14). The summed E-state index contributed by atoms with van der Waals surface area (Å²) >= 11 is 6.39. The molecule has 0 bridgehead atoms. The molecule has 0 radical (unpaired) electrons. The fraction of sp³-hybridized carbons (Fsp3) is 0.200. The van der Waals surface area contributed by atoms with Crippen LogP contribution in [-0.2, 0) is 4.79 Å². The van der Waals surface area contributed by atoms with E-state index in [1.54, 1.807) is 16.7 Å². The number of carbonyl (C=O) groups is 1. The Labute approximate surface area is 97.6 Å². The van der Waals surface area contributed by atoms with Gasteiger partial charge < -0.3 is 10.6 Å². The number of anilines is 1. The van der Waals surface area contributed by atoms with Crippen molar-refractivity contribution in [2.45, 2.75) is 4.90 Å².